The van der Waals surface area contributed by atoms with Crippen molar-refractivity contribution in [1.29, 1.82) is 0 Å². The Morgan fingerprint density at radius 2 is 1.81 bits per heavy atom. The number of ether oxygens (including phenoxy) is 1. The Labute approximate surface area is 159 Å². The lowest BCUT2D eigenvalue weighted by Gasteiger charge is -2.29. The number of rotatable bonds is 6. The summed E-state index contributed by atoms with van der Waals surface area (Å²) in [4.78, 5) is 25.4. The average molecular weight is 371 g/mol. The molecule has 1 saturated carbocycles. The van der Waals surface area contributed by atoms with Crippen LogP contribution >= 0.6 is 11.6 Å². The van der Waals surface area contributed by atoms with Crippen molar-refractivity contribution in [3.63, 3.8) is 0 Å². The zero-order chi connectivity index (χ0) is 18.5. The normalized spacial score (nSPS) is 18.4. The van der Waals surface area contributed by atoms with E-state index in [0.717, 1.165) is 30.6 Å². The first-order chi connectivity index (χ1) is 12.6. The number of hydrogen-bond donors (Lipinski definition) is 0. The van der Waals surface area contributed by atoms with Crippen LogP contribution in [-0.4, -0.2) is 18.7 Å². The molecule has 3 rings (SSSR count). The number of carbonyl (C=O) groups excluding carboxylic acids is 2. The SMILES string of the molecule is COc1ccc(C(=O)CC(c2ccc(Cl)cc2)C2CCCCC2=O)cc1. The Morgan fingerprint density at radius 1 is 1.12 bits per heavy atom. The van der Waals surface area contributed by atoms with Gasteiger partial charge < -0.3 is 4.74 Å². The van der Waals surface area contributed by atoms with E-state index in [-0.39, 0.29) is 23.4 Å². The molecule has 0 aliphatic heterocycles. The summed E-state index contributed by atoms with van der Waals surface area (Å²) in [7, 11) is 1.60. The predicted octanol–water partition coefficient (Wildman–Crippen LogP) is 5.46. The molecule has 2 unspecified atom stereocenters. The summed E-state index contributed by atoms with van der Waals surface area (Å²) in [6, 6.07) is 14.7. The molecule has 0 N–H and O–H groups in total. The third-order valence-electron chi connectivity index (χ3n) is 5.20. The fourth-order valence-electron chi connectivity index (χ4n) is 3.73. The van der Waals surface area contributed by atoms with Gasteiger partial charge in [-0.3, -0.25) is 9.59 Å². The van der Waals surface area contributed by atoms with Crippen LogP contribution < -0.4 is 4.74 Å². The molecule has 1 aliphatic rings. The lowest BCUT2D eigenvalue weighted by atomic mass is 9.73. The summed E-state index contributed by atoms with van der Waals surface area (Å²) in [5.41, 5.74) is 1.66. The summed E-state index contributed by atoms with van der Waals surface area (Å²) in [6.07, 6.45) is 3.78. The molecule has 0 spiro atoms. The monoisotopic (exact) mass is 370 g/mol. The van der Waals surface area contributed by atoms with E-state index in [2.05, 4.69) is 0 Å². The first-order valence-electron chi connectivity index (χ1n) is 9.04. The van der Waals surface area contributed by atoms with E-state index >= 15 is 0 Å². The molecule has 4 heteroatoms. The second kappa shape index (κ2) is 8.50. The third-order valence-corrected chi connectivity index (χ3v) is 5.46. The highest BCUT2D eigenvalue weighted by Gasteiger charge is 2.32. The molecule has 136 valence electrons. The van der Waals surface area contributed by atoms with Crippen LogP contribution in [0.1, 0.15) is 53.9 Å². The lowest BCUT2D eigenvalue weighted by molar-refractivity contribution is -0.125. The molecule has 26 heavy (non-hydrogen) atoms. The fourth-order valence-corrected chi connectivity index (χ4v) is 3.86. The number of hydrogen-bond acceptors (Lipinski definition) is 3. The Balaban J connectivity index is 1.85. The van der Waals surface area contributed by atoms with Gasteiger partial charge in [0.2, 0.25) is 0 Å². The number of Topliss-reactive ketones (excluding diaryl/α,β-unsaturated/α-hetero) is 2. The van der Waals surface area contributed by atoms with E-state index in [4.69, 9.17) is 16.3 Å². The molecule has 1 aliphatic carbocycles. The fraction of sp³-hybridized carbons (Fsp3) is 0.364. The van der Waals surface area contributed by atoms with Crippen molar-refractivity contribution >= 4 is 23.2 Å². The largest absolute Gasteiger partial charge is 0.497 e. The number of halogens is 1. The van der Waals surface area contributed by atoms with E-state index < -0.39 is 0 Å². The summed E-state index contributed by atoms with van der Waals surface area (Å²) in [5.74, 6) is 0.852. The minimum atomic E-state index is -0.102. The smallest absolute Gasteiger partial charge is 0.163 e. The summed E-state index contributed by atoms with van der Waals surface area (Å²) >= 11 is 6.02. The highest BCUT2D eigenvalue weighted by Crippen LogP contribution is 2.37. The lowest BCUT2D eigenvalue weighted by Crippen LogP contribution is -2.27. The van der Waals surface area contributed by atoms with E-state index in [1.807, 2.05) is 24.3 Å². The van der Waals surface area contributed by atoms with E-state index in [1.165, 1.54) is 0 Å². The number of ketones is 2. The summed E-state index contributed by atoms with van der Waals surface area (Å²) in [5, 5.41) is 0.656. The van der Waals surface area contributed by atoms with Gasteiger partial charge in [0.15, 0.2) is 5.78 Å². The van der Waals surface area contributed by atoms with Crippen molar-refractivity contribution in [2.75, 3.05) is 7.11 Å². The van der Waals surface area contributed by atoms with Crippen LogP contribution in [0.5, 0.6) is 5.75 Å². The Hall–Kier alpha value is -2.13. The van der Waals surface area contributed by atoms with Crippen molar-refractivity contribution in [3.8, 4) is 5.75 Å². The quantitative estimate of drug-likeness (QED) is 0.633. The number of carbonyl (C=O) groups is 2. The molecule has 0 bridgehead atoms. The molecule has 0 saturated heterocycles. The number of benzene rings is 2. The molecule has 0 aromatic heterocycles. The number of methoxy groups -OCH3 is 1. The van der Waals surface area contributed by atoms with Gasteiger partial charge in [0.05, 0.1) is 7.11 Å². The molecule has 2 aromatic rings. The molecular weight excluding hydrogens is 348 g/mol. The van der Waals surface area contributed by atoms with Crippen LogP contribution in [0.3, 0.4) is 0 Å². The highest BCUT2D eigenvalue weighted by atomic mass is 35.5. The van der Waals surface area contributed by atoms with E-state index in [9.17, 15) is 9.59 Å². The Morgan fingerprint density at radius 3 is 2.42 bits per heavy atom. The zero-order valence-electron chi connectivity index (χ0n) is 14.9. The minimum Gasteiger partial charge on any atom is -0.497 e. The average Bonchev–Trinajstić information content (AvgIpc) is 2.67. The molecule has 0 heterocycles. The van der Waals surface area contributed by atoms with E-state index in [1.54, 1.807) is 31.4 Å². The highest BCUT2D eigenvalue weighted by molar-refractivity contribution is 6.30. The van der Waals surface area contributed by atoms with Gasteiger partial charge in [0.25, 0.3) is 0 Å². The maximum absolute atomic E-state index is 12.9. The zero-order valence-corrected chi connectivity index (χ0v) is 15.7. The van der Waals surface area contributed by atoms with Crippen molar-refractivity contribution in [2.45, 2.75) is 38.0 Å². The standard InChI is InChI=1S/C22H23ClO3/c1-26-18-12-8-16(9-13-18)22(25)14-20(15-6-10-17(23)11-7-15)19-4-2-3-5-21(19)24/h6-13,19-20H,2-5,14H2,1H3. The third kappa shape index (κ3) is 4.34. The van der Waals surface area contributed by atoms with Gasteiger partial charge in [0.1, 0.15) is 11.5 Å². The van der Waals surface area contributed by atoms with Gasteiger partial charge in [-0.2, -0.15) is 0 Å². The van der Waals surface area contributed by atoms with Gasteiger partial charge in [-0.05, 0) is 54.8 Å². The van der Waals surface area contributed by atoms with Crippen LogP contribution in [0.25, 0.3) is 0 Å². The maximum Gasteiger partial charge on any atom is 0.163 e. The van der Waals surface area contributed by atoms with Crippen molar-refractivity contribution in [1.82, 2.24) is 0 Å². The van der Waals surface area contributed by atoms with Gasteiger partial charge in [-0.25, -0.2) is 0 Å². The van der Waals surface area contributed by atoms with Crippen LogP contribution in [-0.2, 0) is 4.79 Å². The molecule has 0 amide bonds. The molecule has 2 atom stereocenters. The Bertz CT molecular complexity index is 765. The van der Waals surface area contributed by atoms with E-state index in [0.29, 0.717) is 23.4 Å². The van der Waals surface area contributed by atoms with Gasteiger partial charge in [-0.1, -0.05) is 30.2 Å². The van der Waals surface area contributed by atoms with Gasteiger partial charge in [-0.15, -0.1) is 0 Å². The Kier molecular flexibility index (Phi) is 6.10. The van der Waals surface area contributed by atoms with Crippen LogP contribution in [0.4, 0.5) is 0 Å². The maximum atomic E-state index is 12.9. The molecule has 1 fully saturated rings. The molecule has 3 nitrogen and oxygen atoms in total. The first kappa shape index (κ1) is 18.7. The molecular formula is C22H23ClO3. The van der Waals surface area contributed by atoms with Crippen molar-refractivity contribution < 1.29 is 14.3 Å². The minimum absolute atomic E-state index is 0.0472. The van der Waals surface area contributed by atoms with Gasteiger partial charge >= 0.3 is 0 Å². The second-order valence-corrected chi connectivity index (χ2v) is 7.27. The molecule has 2 aromatic carbocycles. The van der Waals surface area contributed by atoms with Crippen molar-refractivity contribution in [2.24, 2.45) is 5.92 Å². The summed E-state index contributed by atoms with van der Waals surface area (Å²) < 4.78 is 5.15. The van der Waals surface area contributed by atoms with Crippen LogP contribution in [0.2, 0.25) is 5.02 Å². The summed E-state index contributed by atoms with van der Waals surface area (Å²) in [6.45, 7) is 0. The predicted molar refractivity (Wildman–Crippen MR) is 103 cm³/mol. The topological polar surface area (TPSA) is 43.4 Å². The van der Waals surface area contributed by atoms with Crippen LogP contribution in [0, 0.1) is 5.92 Å². The van der Waals surface area contributed by atoms with Crippen molar-refractivity contribution in [3.05, 3.63) is 64.7 Å². The molecule has 0 radical (unpaired) electrons. The van der Waals surface area contributed by atoms with Gasteiger partial charge in [0, 0.05) is 35.3 Å². The second-order valence-electron chi connectivity index (χ2n) is 6.83. The first-order valence-corrected chi connectivity index (χ1v) is 9.41. The van der Waals surface area contributed by atoms with Crippen LogP contribution in [0.15, 0.2) is 48.5 Å².